The van der Waals surface area contributed by atoms with E-state index in [1.807, 2.05) is 23.1 Å². The van der Waals surface area contributed by atoms with E-state index in [9.17, 15) is 35.5 Å². The summed E-state index contributed by atoms with van der Waals surface area (Å²) in [7, 11) is 0. The normalized spacial score (nSPS) is 19.1. The maximum atomic E-state index is 13.3. The van der Waals surface area contributed by atoms with Crippen LogP contribution in [0.3, 0.4) is 0 Å². The number of pyridine rings is 1. The highest BCUT2D eigenvalue weighted by molar-refractivity contribution is 5.82. The molecule has 2 aliphatic heterocycles. The number of rotatable bonds is 4. The van der Waals surface area contributed by atoms with Crippen molar-refractivity contribution in [3.8, 4) is 0 Å². The SMILES string of the molecule is O=C(O)C(F)(F)F.O=C(O)C(F)(F)F.O=C1[C@H]2CN(Cc3ccncc3)C[C@H]2CN1Cc1cccc(F)c1. The molecule has 0 radical (unpaired) electrons. The van der Waals surface area contributed by atoms with Gasteiger partial charge in [-0.15, -0.1) is 0 Å². The molecule has 1 aromatic carbocycles. The van der Waals surface area contributed by atoms with E-state index in [2.05, 4.69) is 9.88 Å². The molecule has 1 amide bonds. The zero-order chi connectivity index (χ0) is 28.7. The molecule has 2 aliphatic rings. The van der Waals surface area contributed by atoms with Gasteiger partial charge in [-0.2, -0.15) is 26.3 Å². The minimum absolute atomic E-state index is 0.0837. The number of fused-ring (bicyclic) bond motifs is 1. The Bertz CT molecular complexity index is 1090. The Morgan fingerprint density at radius 2 is 1.42 bits per heavy atom. The topological polar surface area (TPSA) is 111 Å². The number of carboxylic acid groups (broad SMARTS) is 2. The summed E-state index contributed by atoms with van der Waals surface area (Å²) < 4.78 is 76.8. The standard InChI is InChI=1S/C19H20FN3O.2C2HF3O2/c20-17-3-1-2-15(8-17)10-23-12-16-11-22(13-18(16)19(23)24)9-14-4-6-21-7-5-14;2*3-2(4,5)1(6)7/h1-8,16,18H,9-13H2;2*(H,6,7)/t16-,18-;;/m0../s1. The van der Waals surface area contributed by atoms with Crippen molar-refractivity contribution in [2.45, 2.75) is 25.4 Å². The molecule has 0 saturated carbocycles. The van der Waals surface area contributed by atoms with E-state index in [4.69, 9.17) is 19.8 Å². The summed E-state index contributed by atoms with van der Waals surface area (Å²) in [5, 5.41) is 14.2. The molecule has 208 valence electrons. The first-order chi connectivity index (χ1) is 17.6. The van der Waals surface area contributed by atoms with Crippen molar-refractivity contribution in [2.75, 3.05) is 19.6 Å². The fourth-order valence-corrected chi connectivity index (χ4v) is 3.91. The molecule has 0 aliphatic carbocycles. The molecule has 2 fully saturated rings. The molecule has 8 nitrogen and oxygen atoms in total. The van der Waals surface area contributed by atoms with Crippen LogP contribution in [0.5, 0.6) is 0 Å². The van der Waals surface area contributed by atoms with Gasteiger partial charge in [-0.25, -0.2) is 14.0 Å². The number of likely N-dealkylation sites (tertiary alicyclic amines) is 2. The van der Waals surface area contributed by atoms with Gasteiger partial charge in [0.05, 0.1) is 5.92 Å². The Kier molecular flexibility index (Phi) is 10.2. The second-order valence-electron chi connectivity index (χ2n) is 8.37. The van der Waals surface area contributed by atoms with Gasteiger partial charge in [-0.3, -0.25) is 14.7 Å². The molecule has 0 unspecified atom stereocenters. The van der Waals surface area contributed by atoms with Gasteiger partial charge in [0.2, 0.25) is 5.91 Å². The molecule has 0 bridgehead atoms. The maximum Gasteiger partial charge on any atom is 0.490 e. The number of carbonyl (C=O) groups is 3. The van der Waals surface area contributed by atoms with Crippen LogP contribution in [0.15, 0.2) is 48.8 Å². The summed E-state index contributed by atoms with van der Waals surface area (Å²) in [5.41, 5.74) is 2.09. The monoisotopic (exact) mass is 553 g/mol. The second-order valence-corrected chi connectivity index (χ2v) is 8.37. The van der Waals surface area contributed by atoms with Crippen LogP contribution in [0.25, 0.3) is 0 Å². The minimum atomic E-state index is -5.08. The summed E-state index contributed by atoms with van der Waals surface area (Å²) in [6.07, 6.45) is -6.56. The van der Waals surface area contributed by atoms with Crippen molar-refractivity contribution in [3.05, 3.63) is 65.7 Å². The Balaban J connectivity index is 0.000000301. The van der Waals surface area contributed by atoms with Crippen molar-refractivity contribution >= 4 is 17.8 Å². The van der Waals surface area contributed by atoms with Crippen molar-refractivity contribution in [3.63, 3.8) is 0 Å². The van der Waals surface area contributed by atoms with Gasteiger partial charge in [0.1, 0.15) is 5.82 Å². The van der Waals surface area contributed by atoms with Gasteiger partial charge >= 0.3 is 24.3 Å². The van der Waals surface area contributed by atoms with Crippen molar-refractivity contribution < 1.29 is 55.3 Å². The zero-order valence-corrected chi connectivity index (χ0v) is 19.4. The Labute approximate surface area is 211 Å². The number of amides is 1. The van der Waals surface area contributed by atoms with Gasteiger partial charge < -0.3 is 15.1 Å². The third-order valence-electron chi connectivity index (χ3n) is 5.50. The first-order valence-electron chi connectivity index (χ1n) is 10.8. The molecule has 3 heterocycles. The van der Waals surface area contributed by atoms with Crippen molar-refractivity contribution in [1.29, 1.82) is 0 Å². The van der Waals surface area contributed by atoms with Crippen LogP contribution in [0.4, 0.5) is 30.7 Å². The van der Waals surface area contributed by atoms with E-state index in [1.54, 1.807) is 18.5 Å². The van der Waals surface area contributed by atoms with Gasteiger partial charge in [-0.1, -0.05) is 12.1 Å². The largest absolute Gasteiger partial charge is 0.490 e. The van der Waals surface area contributed by atoms with Crippen LogP contribution < -0.4 is 0 Å². The van der Waals surface area contributed by atoms with Crippen LogP contribution in [-0.2, 0) is 27.5 Å². The van der Waals surface area contributed by atoms with Crippen LogP contribution in [0.2, 0.25) is 0 Å². The average Bonchev–Trinajstić information content (AvgIpc) is 3.32. The van der Waals surface area contributed by atoms with E-state index < -0.39 is 24.3 Å². The first-order valence-corrected chi connectivity index (χ1v) is 10.8. The molecule has 1 aromatic heterocycles. The summed E-state index contributed by atoms with van der Waals surface area (Å²) in [4.78, 5) is 38.7. The fourth-order valence-electron chi connectivity index (χ4n) is 3.91. The predicted molar refractivity (Wildman–Crippen MR) is 116 cm³/mol. The third kappa shape index (κ3) is 9.28. The molecule has 0 spiro atoms. The number of hydrogen-bond acceptors (Lipinski definition) is 5. The fraction of sp³-hybridized carbons (Fsp3) is 0.391. The smallest absolute Gasteiger partial charge is 0.475 e. The van der Waals surface area contributed by atoms with Gasteiger partial charge in [0, 0.05) is 51.0 Å². The summed E-state index contributed by atoms with van der Waals surface area (Å²) in [6, 6.07) is 10.6. The maximum absolute atomic E-state index is 13.3. The number of benzene rings is 1. The van der Waals surface area contributed by atoms with Crippen LogP contribution in [0, 0.1) is 17.7 Å². The lowest BCUT2D eigenvalue weighted by Crippen LogP contribution is -2.32. The lowest BCUT2D eigenvalue weighted by atomic mass is 10.0. The van der Waals surface area contributed by atoms with Gasteiger partial charge in [0.25, 0.3) is 0 Å². The minimum Gasteiger partial charge on any atom is -0.475 e. The highest BCUT2D eigenvalue weighted by Crippen LogP contribution is 2.33. The van der Waals surface area contributed by atoms with Crippen molar-refractivity contribution in [1.82, 2.24) is 14.8 Å². The zero-order valence-electron chi connectivity index (χ0n) is 19.4. The number of carbonyl (C=O) groups excluding carboxylic acids is 1. The number of hydrogen-bond donors (Lipinski definition) is 2. The van der Waals surface area contributed by atoms with E-state index in [0.717, 1.165) is 31.7 Å². The average molecular weight is 553 g/mol. The number of alkyl halides is 6. The number of nitrogens with zero attached hydrogens (tertiary/aromatic N) is 3. The highest BCUT2D eigenvalue weighted by Gasteiger charge is 2.45. The lowest BCUT2D eigenvalue weighted by Gasteiger charge is -2.21. The summed E-state index contributed by atoms with van der Waals surface area (Å²) >= 11 is 0. The molecule has 38 heavy (non-hydrogen) atoms. The number of aliphatic carboxylic acids is 2. The molecule has 2 atom stereocenters. The van der Waals surface area contributed by atoms with Crippen molar-refractivity contribution in [2.24, 2.45) is 11.8 Å². The first kappa shape index (κ1) is 30.5. The number of aromatic nitrogens is 1. The molecule has 2 N–H and O–H groups in total. The van der Waals surface area contributed by atoms with E-state index in [0.29, 0.717) is 12.5 Å². The van der Waals surface area contributed by atoms with Crippen LogP contribution >= 0.6 is 0 Å². The molecular formula is C23H22F7N3O5. The Morgan fingerprint density at radius 1 is 0.868 bits per heavy atom. The van der Waals surface area contributed by atoms with Crippen LogP contribution in [-0.4, -0.2) is 74.8 Å². The van der Waals surface area contributed by atoms with E-state index >= 15 is 0 Å². The van der Waals surface area contributed by atoms with Gasteiger partial charge in [0.15, 0.2) is 0 Å². The highest BCUT2D eigenvalue weighted by atomic mass is 19.4. The van der Waals surface area contributed by atoms with E-state index in [-0.39, 0.29) is 17.6 Å². The molecule has 2 saturated heterocycles. The summed E-state index contributed by atoms with van der Waals surface area (Å²) in [6.45, 7) is 3.90. The lowest BCUT2D eigenvalue weighted by molar-refractivity contribution is -0.193. The number of halogens is 7. The van der Waals surface area contributed by atoms with Crippen LogP contribution in [0.1, 0.15) is 11.1 Å². The molecule has 15 heteroatoms. The second kappa shape index (κ2) is 12.7. The predicted octanol–water partition coefficient (Wildman–Crippen LogP) is 3.58. The molecule has 4 rings (SSSR count). The Morgan fingerprint density at radius 3 is 1.89 bits per heavy atom. The number of carboxylic acids is 2. The third-order valence-corrected chi connectivity index (χ3v) is 5.50. The Hall–Kier alpha value is -3.75. The van der Waals surface area contributed by atoms with Gasteiger partial charge in [-0.05, 0) is 35.4 Å². The molecule has 2 aromatic rings. The quantitative estimate of drug-likeness (QED) is 0.557. The molecular weight excluding hydrogens is 531 g/mol. The summed E-state index contributed by atoms with van der Waals surface area (Å²) in [5.74, 6) is -5.09. The van der Waals surface area contributed by atoms with E-state index in [1.165, 1.54) is 17.7 Å².